The van der Waals surface area contributed by atoms with Crippen LogP contribution in [-0.4, -0.2) is 12.2 Å². The number of hydrogen-bond donors (Lipinski definition) is 1. The van der Waals surface area contributed by atoms with E-state index in [2.05, 4.69) is 0 Å². The first-order valence-electron chi connectivity index (χ1n) is 6.45. The van der Waals surface area contributed by atoms with E-state index >= 15 is 0 Å². The molecule has 3 nitrogen and oxygen atoms in total. The number of aliphatic hydroxyl groups excluding tert-OH is 1. The van der Waals surface area contributed by atoms with E-state index < -0.39 is 6.10 Å². The summed E-state index contributed by atoms with van der Waals surface area (Å²) in [5.74, 6) is 1.04. The molecule has 2 atom stereocenters. The molecule has 0 radical (unpaired) electrons. The minimum Gasteiger partial charge on any atom is -0.497 e. The van der Waals surface area contributed by atoms with Crippen LogP contribution in [0, 0.1) is 5.82 Å². The summed E-state index contributed by atoms with van der Waals surface area (Å²) in [5, 5.41) is 10.3. The van der Waals surface area contributed by atoms with Crippen molar-refractivity contribution in [2.24, 2.45) is 0 Å². The van der Waals surface area contributed by atoms with Crippen molar-refractivity contribution in [1.82, 2.24) is 0 Å². The Morgan fingerprint density at radius 3 is 2.65 bits per heavy atom. The average Bonchev–Trinajstić information content (AvgIpc) is 2.47. The molecule has 2 aromatic carbocycles. The van der Waals surface area contributed by atoms with Crippen molar-refractivity contribution in [2.45, 2.75) is 18.6 Å². The van der Waals surface area contributed by atoms with Gasteiger partial charge in [0.15, 0.2) is 0 Å². The number of hydrogen-bond acceptors (Lipinski definition) is 3. The van der Waals surface area contributed by atoms with Gasteiger partial charge in [-0.15, -0.1) is 0 Å². The summed E-state index contributed by atoms with van der Waals surface area (Å²) in [6, 6.07) is 11.5. The van der Waals surface area contributed by atoms with Crippen LogP contribution in [0.2, 0.25) is 0 Å². The summed E-state index contributed by atoms with van der Waals surface area (Å²) in [6.07, 6.45) is -0.457. The minimum absolute atomic E-state index is 0.272. The molecule has 20 heavy (non-hydrogen) atoms. The van der Waals surface area contributed by atoms with Gasteiger partial charge in [-0.1, -0.05) is 12.1 Å². The number of benzene rings is 2. The highest BCUT2D eigenvalue weighted by atomic mass is 19.1. The summed E-state index contributed by atoms with van der Waals surface area (Å²) >= 11 is 0. The standard InChI is InChI=1S/C16H15FO3/c1-19-12-6-7-15-13(8-12)14(18)9-16(20-15)10-2-4-11(17)5-3-10/h2-8,14,16,18H,9H2,1H3/t14-,16?/m1/s1. The van der Waals surface area contributed by atoms with Crippen molar-refractivity contribution in [1.29, 1.82) is 0 Å². The van der Waals surface area contributed by atoms with Crippen LogP contribution in [0.1, 0.15) is 29.8 Å². The lowest BCUT2D eigenvalue weighted by molar-refractivity contribution is 0.0654. The van der Waals surface area contributed by atoms with E-state index in [1.165, 1.54) is 12.1 Å². The van der Waals surface area contributed by atoms with Gasteiger partial charge in [-0.3, -0.25) is 0 Å². The fourth-order valence-electron chi connectivity index (χ4n) is 2.43. The maximum Gasteiger partial charge on any atom is 0.127 e. The molecule has 1 aliphatic rings. The molecule has 0 aliphatic carbocycles. The summed E-state index contributed by atoms with van der Waals surface area (Å²) in [6.45, 7) is 0. The first kappa shape index (κ1) is 12.9. The Morgan fingerprint density at radius 1 is 1.20 bits per heavy atom. The number of halogens is 1. The van der Waals surface area contributed by atoms with E-state index in [4.69, 9.17) is 9.47 Å². The first-order valence-corrected chi connectivity index (χ1v) is 6.45. The smallest absolute Gasteiger partial charge is 0.127 e. The zero-order chi connectivity index (χ0) is 14.1. The lowest BCUT2D eigenvalue weighted by Gasteiger charge is -2.30. The molecule has 0 fully saturated rings. The van der Waals surface area contributed by atoms with Gasteiger partial charge >= 0.3 is 0 Å². The van der Waals surface area contributed by atoms with E-state index in [0.717, 1.165) is 11.1 Å². The maximum absolute atomic E-state index is 12.9. The fraction of sp³-hybridized carbons (Fsp3) is 0.250. The Labute approximate surface area is 116 Å². The van der Waals surface area contributed by atoms with E-state index in [1.807, 2.05) is 0 Å². The summed E-state index contributed by atoms with van der Waals surface area (Å²) in [7, 11) is 1.58. The number of ether oxygens (including phenoxy) is 2. The van der Waals surface area contributed by atoms with E-state index in [-0.39, 0.29) is 11.9 Å². The summed E-state index contributed by atoms with van der Waals surface area (Å²) < 4.78 is 24.0. The molecule has 0 bridgehead atoms. The van der Waals surface area contributed by atoms with Gasteiger partial charge < -0.3 is 14.6 Å². The molecule has 0 aromatic heterocycles. The molecule has 1 unspecified atom stereocenters. The molecule has 1 heterocycles. The molecule has 0 saturated carbocycles. The normalized spacial score (nSPS) is 20.9. The van der Waals surface area contributed by atoms with Crippen molar-refractivity contribution in [3.8, 4) is 11.5 Å². The second kappa shape index (κ2) is 5.13. The minimum atomic E-state index is -0.621. The van der Waals surface area contributed by atoms with Gasteiger partial charge in [0.2, 0.25) is 0 Å². The van der Waals surface area contributed by atoms with Gasteiger partial charge in [0.1, 0.15) is 23.4 Å². The molecule has 1 aliphatic heterocycles. The van der Waals surface area contributed by atoms with Crippen molar-refractivity contribution in [3.05, 3.63) is 59.4 Å². The zero-order valence-corrected chi connectivity index (χ0v) is 11.0. The molecule has 0 spiro atoms. The van der Waals surface area contributed by atoms with Crippen LogP contribution in [0.15, 0.2) is 42.5 Å². The Kier molecular flexibility index (Phi) is 3.32. The third kappa shape index (κ3) is 2.34. The molecule has 0 saturated heterocycles. The van der Waals surface area contributed by atoms with Crippen LogP contribution >= 0.6 is 0 Å². The van der Waals surface area contributed by atoms with Crippen molar-refractivity contribution < 1.29 is 19.0 Å². The maximum atomic E-state index is 12.9. The Balaban J connectivity index is 1.90. The Hall–Kier alpha value is -2.07. The molecule has 4 heteroatoms. The van der Waals surface area contributed by atoms with Crippen molar-refractivity contribution in [2.75, 3.05) is 7.11 Å². The predicted molar refractivity (Wildman–Crippen MR) is 72.3 cm³/mol. The van der Waals surface area contributed by atoms with Gasteiger partial charge in [0, 0.05) is 12.0 Å². The molecule has 0 amide bonds. The fourth-order valence-corrected chi connectivity index (χ4v) is 2.43. The van der Waals surface area contributed by atoms with Crippen LogP contribution in [0.4, 0.5) is 4.39 Å². The molecular formula is C16H15FO3. The van der Waals surface area contributed by atoms with E-state index in [1.54, 1.807) is 37.4 Å². The summed E-state index contributed by atoms with van der Waals surface area (Å²) in [4.78, 5) is 0. The third-order valence-electron chi connectivity index (χ3n) is 3.52. The quantitative estimate of drug-likeness (QED) is 0.912. The summed E-state index contributed by atoms with van der Waals surface area (Å²) in [5.41, 5.74) is 1.58. The van der Waals surface area contributed by atoms with Crippen LogP contribution in [0.3, 0.4) is 0 Å². The second-order valence-corrected chi connectivity index (χ2v) is 4.81. The monoisotopic (exact) mass is 274 g/mol. The highest BCUT2D eigenvalue weighted by Gasteiger charge is 2.28. The van der Waals surface area contributed by atoms with E-state index in [9.17, 15) is 9.50 Å². The van der Waals surface area contributed by atoms with Gasteiger partial charge in [0.25, 0.3) is 0 Å². The van der Waals surface area contributed by atoms with Crippen molar-refractivity contribution in [3.63, 3.8) is 0 Å². The average molecular weight is 274 g/mol. The largest absolute Gasteiger partial charge is 0.497 e. The number of rotatable bonds is 2. The number of fused-ring (bicyclic) bond motifs is 1. The molecular weight excluding hydrogens is 259 g/mol. The van der Waals surface area contributed by atoms with Crippen molar-refractivity contribution >= 4 is 0 Å². The van der Waals surface area contributed by atoms with Gasteiger partial charge in [-0.2, -0.15) is 0 Å². The van der Waals surface area contributed by atoms with Crippen LogP contribution < -0.4 is 9.47 Å². The second-order valence-electron chi connectivity index (χ2n) is 4.81. The first-order chi connectivity index (χ1) is 9.67. The van der Waals surface area contributed by atoms with Crippen LogP contribution in [-0.2, 0) is 0 Å². The van der Waals surface area contributed by atoms with Crippen LogP contribution in [0.5, 0.6) is 11.5 Å². The van der Waals surface area contributed by atoms with Gasteiger partial charge in [0.05, 0.1) is 13.2 Å². The Bertz CT molecular complexity index is 610. The molecule has 104 valence electrons. The lowest BCUT2D eigenvalue weighted by atomic mass is 9.95. The van der Waals surface area contributed by atoms with Gasteiger partial charge in [-0.05, 0) is 35.9 Å². The molecule has 1 N–H and O–H groups in total. The van der Waals surface area contributed by atoms with Crippen LogP contribution in [0.25, 0.3) is 0 Å². The molecule has 2 aromatic rings. The highest BCUT2D eigenvalue weighted by molar-refractivity contribution is 5.43. The zero-order valence-electron chi connectivity index (χ0n) is 11.0. The highest BCUT2D eigenvalue weighted by Crippen LogP contribution is 2.42. The number of methoxy groups -OCH3 is 1. The lowest BCUT2D eigenvalue weighted by Crippen LogP contribution is -2.19. The molecule has 3 rings (SSSR count). The van der Waals surface area contributed by atoms with E-state index in [0.29, 0.717) is 17.9 Å². The number of aliphatic hydroxyl groups is 1. The topological polar surface area (TPSA) is 38.7 Å². The SMILES string of the molecule is COc1ccc2c(c1)[C@H](O)CC(c1ccc(F)cc1)O2. The Morgan fingerprint density at radius 2 is 1.95 bits per heavy atom. The predicted octanol–water partition coefficient (Wildman–Crippen LogP) is 3.39. The third-order valence-corrected chi connectivity index (χ3v) is 3.52. The van der Waals surface area contributed by atoms with Gasteiger partial charge in [-0.25, -0.2) is 4.39 Å².